The van der Waals surface area contributed by atoms with Gasteiger partial charge in [0.1, 0.15) is 3.70 Å². The summed E-state index contributed by atoms with van der Waals surface area (Å²) in [4.78, 5) is 4.23. The van der Waals surface area contributed by atoms with E-state index in [2.05, 4.69) is 32.9 Å². The number of nitrogens with one attached hydrogen (secondary N) is 1. The summed E-state index contributed by atoms with van der Waals surface area (Å²) < 4.78 is 6.62. The highest BCUT2D eigenvalue weighted by Crippen LogP contribution is 2.30. The Morgan fingerprint density at radius 3 is 3.00 bits per heavy atom. The summed E-state index contributed by atoms with van der Waals surface area (Å²) >= 11 is 2.19. The Hall–Kier alpha value is -0.520. The Bertz CT molecular complexity index is 312. The Labute approximate surface area is 91.0 Å². The molecule has 1 N–H and O–H groups in total. The van der Waals surface area contributed by atoms with Crippen molar-refractivity contribution < 1.29 is 4.74 Å². The smallest absolute Gasteiger partial charge is 0.153 e. The van der Waals surface area contributed by atoms with Gasteiger partial charge < -0.3 is 10.1 Å². The predicted octanol–water partition coefficient (Wildman–Crippen LogP) is 2.27. The molecule has 13 heavy (non-hydrogen) atoms. The standard InChI is InChI=1S/C9H11IN2O/c1-11-6-4-8(9(10)12-5-6)13-7-2-3-7/h4-5,7,11H,2-3H2,1H3. The molecule has 0 unspecified atom stereocenters. The van der Waals surface area contributed by atoms with Gasteiger partial charge in [-0.2, -0.15) is 0 Å². The molecule has 1 heterocycles. The quantitative estimate of drug-likeness (QED) is 0.685. The van der Waals surface area contributed by atoms with Crippen molar-refractivity contribution in [2.75, 3.05) is 12.4 Å². The molecule has 70 valence electrons. The van der Waals surface area contributed by atoms with Gasteiger partial charge in [-0.15, -0.1) is 0 Å². The molecule has 0 saturated heterocycles. The second-order valence-corrected chi connectivity index (χ2v) is 4.10. The zero-order chi connectivity index (χ0) is 9.26. The van der Waals surface area contributed by atoms with Gasteiger partial charge in [0, 0.05) is 13.1 Å². The maximum Gasteiger partial charge on any atom is 0.153 e. The van der Waals surface area contributed by atoms with Gasteiger partial charge in [0.2, 0.25) is 0 Å². The molecule has 1 aliphatic rings. The third-order valence-corrected chi connectivity index (χ3v) is 2.72. The lowest BCUT2D eigenvalue weighted by Gasteiger charge is -2.07. The number of hydrogen-bond donors (Lipinski definition) is 1. The number of rotatable bonds is 3. The summed E-state index contributed by atoms with van der Waals surface area (Å²) in [5.41, 5.74) is 0.996. The molecule has 0 spiro atoms. The van der Waals surface area contributed by atoms with Crippen molar-refractivity contribution in [3.8, 4) is 5.75 Å². The van der Waals surface area contributed by atoms with Crippen LogP contribution in [0.4, 0.5) is 5.69 Å². The molecule has 0 amide bonds. The minimum atomic E-state index is 0.433. The van der Waals surface area contributed by atoms with Crippen molar-refractivity contribution in [2.24, 2.45) is 0 Å². The number of aromatic nitrogens is 1. The van der Waals surface area contributed by atoms with Crippen LogP contribution in [0.15, 0.2) is 12.3 Å². The van der Waals surface area contributed by atoms with Crippen LogP contribution in [0.25, 0.3) is 0 Å². The summed E-state index contributed by atoms with van der Waals surface area (Å²) in [7, 11) is 1.88. The van der Waals surface area contributed by atoms with Crippen molar-refractivity contribution in [3.05, 3.63) is 16.0 Å². The molecule has 1 aromatic rings. The van der Waals surface area contributed by atoms with E-state index in [1.807, 2.05) is 19.3 Å². The van der Waals surface area contributed by atoms with Crippen molar-refractivity contribution in [1.29, 1.82) is 0 Å². The van der Waals surface area contributed by atoms with Gasteiger partial charge >= 0.3 is 0 Å². The number of nitrogens with zero attached hydrogens (tertiary/aromatic N) is 1. The SMILES string of the molecule is CNc1cnc(I)c(OC2CC2)c1. The van der Waals surface area contributed by atoms with Gasteiger partial charge in [0.05, 0.1) is 18.0 Å². The van der Waals surface area contributed by atoms with Crippen LogP contribution in [0.2, 0.25) is 0 Å². The molecule has 1 saturated carbocycles. The van der Waals surface area contributed by atoms with Gasteiger partial charge in [-0.25, -0.2) is 4.98 Å². The summed E-state index contributed by atoms with van der Waals surface area (Å²) in [6, 6.07) is 1.99. The molecular weight excluding hydrogens is 279 g/mol. The third kappa shape index (κ3) is 2.24. The van der Waals surface area contributed by atoms with Crippen LogP contribution in [0.3, 0.4) is 0 Å². The lowest BCUT2D eigenvalue weighted by Crippen LogP contribution is -2.00. The van der Waals surface area contributed by atoms with E-state index < -0.39 is 0 Å². The second-order valence-electron chi connectivity index (χ2n) is 3.08. The second kappa shape index (κ2) is 3.69. The first-order valence-corrected chi connectivity index (χ1v) is 5.37. The van der Waals surface area contributed by atoms with Gasteiger partial charge in [-0.05, 0) is 35.4 Å². The van der Waals surface area contributed by atoms with Crippen LogP contribution in [-0.4, -0.2) is 18.1 Å². The maximum absolute atomic E-state index is 5.69. The van der Waals surface area contributed by atoms with Crippen molar-refractivity contribution in [1.82, 2.24) is 4.98 Å². The molecule has 0 radical (unpaired) electrons. The first-order chi connectivity index (χ1) is 6.29. The number of halogens is 1. The first-order valence-electron chi connectivity index (χ1n) is 4.29. The average Bonchev–Trinajstić information content (AvgIpc) is 2.93. The zero-order valence-corrected chi connectivity index (χ0v) is 9.54. The summed E-state index contributed by atoms with van der Waals surface area (Å²) in [6.07, 6.45) is 4.60. The minimum Gasteiger partial charge on any atom is -0.488 e. The van der Waals surface area contributed by atoms with Gasteiger partial charge in [0.25, 0.3) is 0 Å². The lowest BCUT2D eigenvalue weighted by molar-refractivity contribution is 0.299. The number of hydrogen-bond acceptors (Lipinski definition) is 3. The average molecular weight is 290 g/mol. The van der Waals surface area contributed by atoms with E-state index in [0.717, 1.165) is 15.1 Å². The van der Waals surface area contributed by atoms with Gasteiger partial charge in [-0.1, -0.05) is 0 Å². The van der Waals surface area contributed by atoms with Crippen LogP contribution in [0.1, 0.15) is 12.8 Å². The number of ether oxygens (including phenoxy) is 1. The molecule has 1 aromatic heterocycles. The zero-order valence-electron chi connectivity index (χ0n) is 7.38. The first kappa shape index (κ1) is 9.05. The van der Waals surface area contributed by atoms with Crippen LogP contribution >= 0.6 is 22.6 Å². The fourth-order valence-electron chi connectivity index (χ4n) is 1.01. The van der Waals surface area contributed by atoms with Crippen molar-refractivity contribution >= 4 is 28.3 Å². The molecule has 2 rings (SSSR count). The highest BCUT2D eigenvalue weighted by Gasteiger charge is 2.24. The fourth-order valence-corrected chi connectivity index (χ4v) is 1.43. The fraction of sp³-hybridized carbons (Fsp3) is 0.444. The number of pyridine rings is 1. The molecule has 0 aromatic carbocycles. The van der Waals surface area contributed by atoms with Crippen molar-refractivity contribution in [3.63, 3.8) is 0 Å². The third-order valence-electron chi connectivity index (χ3n) is 1.91. The highest BCUT2D eigenvalue weighted by atomic mass is 127. The summed E-state index contributed by atoms with van der Waals surface area (Å²) in [5, 5.41) is 3.04. The Kier molecular flexibility index (Phi) is 2.57. The largest absolute Gasteiger partial charge is 0.488 e. The predicted molar refractivity (Wildman–Crippen MR) is 60.2 cm³/mol. The molecule has 0 bridgehead atoms. The van der Waals surface area contributed by atoms with Gasteiger partial charge in [-0.3, -0.25) is 0 Å². The molecule has 1 aliphatic carbocycles. The Morgan fingerprint density at radius 1 is 1.62 bits per heavy atom. The molecule has 0 atom stereocenters. The highest BCUT2D eigenvalue weighted by molar-refractivity contribution is 14.1. The molecular formula is C9H11IN2O. The maximum atomic E-state index is 5.69. The van der Waals surface area contributed by atoms with Gasteiger partial charge in [0.15, 0.2) is 5.75 Å². The van der Waals surface area contributed by atoms with Crippen LogP contribution in [-0.2, 0) is 0 Å². The topological polar surface area (TPSA) is 34.2 Å². The van der Waals surface area contributed by atoms with E-state index in [-0.39, 0.29) is 0 Å². The number of anilines is 1. The molecule has 0 aliphatic heterocycles. The Balaban J connectivity index is 2.19. The van der Waals surface area contributed by atoms with E-state index >= 15 is 0 Å². The van der Waals surface area contributed by atoms with Crippen molar-refractivity contribution in [2.45, 2.75) is 18.9 Å². The van der Waals surface area contributed by atoms with E-state index in [1.54, 1.807) is 0 Å². The molecule has 4 heteroatoms. The Morgan fingerprint density at radius 2 is 2.38 bits per heavy atom. The molecule has 1 fully saturated rings. The van der Waals surface area contributed by atoms with E-state index in [1.165, 1.54) is 12.8 Å². The van der Waals surface area contributed by atoms with Crippen LogP contribution < -0.4 is 10.1 Å². The minimum absolute atomic E-state index is 0.433. The van der Waals surface area contributed by atoms with Crippen LogP contribution in [0.5, 0.6) is 5.75 Å². The lowest BCUT2D eigenvalue weighted by atomic mass is 10.4. The van der Waals surface area contributed by atoms with E-state index in [4.69, 9.17) is 4.74 Å². The van der Waals surface area contributed by atoms with Crippen LogP contribution in [0, 0.1) is 3.70 Å². The summed E-state index contributed by atoms with van der Waals surface area (Å²) in [5.74, 6) is 0.898. The van der Waals surface area contributed by atoms with E-state index in [9.17, 15) is 0 Å². The van der Waals surface area contributed by atoms with E-state index in [0.29, 0.717) is 6.10 Å². The molecule has 3 nitrogen and oxygen atoms in total. The normalized spacial score (nSPS) is 15.5. The monoisotopic (exact) mass is 290 g/mol. The summed E-state index contributed by atoms with van der Waals surface area (Å²) in [6.45, 7) is 0.